The molecule has 0 spiro atoms. The third-order valence-corrected chi connectivity index (χ3v) is 4.36. The number of hydrogen-bond acceptors (Lipinski definition) is 3. The predicted octanol–water partition coefficient (Wildman–Crippen LogP) is 3.07. The summed E-state index contributed by atoms with van der Waals surface area (Å²) in [6.45, 7) is 2.02. The second-order valence-corrected chi connectivity index (χ2v) is 5.53. The van der Waals surface area contributed by atoms with Crippen LogP contribution in [0.25, 0.3) is 6.08 Å². The minimum atomic E-state index is 0.00781. The number of nitrogens with zero attached hydrogens (tertiary/aromatic N) is 1. The molecule has 3 heteroatoms. The van der Waals surface area contributed by atoms with Crippen molar-refractivity contribution in [3.63, 3.8) is 0 Å². The van der Waals surface area contributed by atoms with Gasteiger partial charge in [-0.05, 0) is 43.9 Å². The van der Waals surface area contributed by atoms with Gasteiger partial charge in [0.2, 0.25) is 0 Å². The number of carbonyl (C=O) groups is 1. The molecule has 3 nitrogen and oxygen atoms in total. The van der Waals surface area contributed by atoms with Gasteiger partial charge in [-0.2, -0.15) is 0 Å². The molecule has 4 atom stereocenters. The maximum Gasteiger partial charge on any atom is 0.309 e. The molecule has 3 rings (SSSR count). The van der Waals surface area contributed by atoms with Crippen LogP contribution >= 0.6 is 0 Å². The Kier molecular flexibility index (Phi) is 3.36. The Morgan fingerprint density at radius 1 is 1.37 bits per heavy atom. The first kappa shape index (κ1) is 12.4. The molecule has 0 bridgehead atoms. The summed E-state index contributed by atoms with van der Waals surface area (Å²) in [5.74, 6) is 0.902. The van der Waals surface area contributed by atoms with Crippen LogP contribution in [0.4, 0.5) is 0 Å². The number of cyclic esters (lactones) is 1. The van der Waals surface area contributed by atoms with E-state index in [0.717, 1.165) is 25.0 Å². The third-order valence-electron chi connectivity index (χ3n) is 4.36. The molecule has 1 aliphatic heterocycles. The second-order valence-electron chi connectivity index (χ2n) is 5.53. The predicted molar refractivity (Wildman–Crippen MR) is 73.1 cm³/mol. The third kappa shape index (κ3) is 2.42. The first-order chi connectivity index (χ1) is 9.25. The summed E-state index contributed by atoms with van der Waals surface area (Å²) >= 11 is 0. The maximum atomic E-state index is 11.8. The van der Waals surface area contributed by atoms with Crippen molar-refractivity contribution in [3.05, 3.63) is 36.2 Å². The summed E-state index contributed by atoms with van der Waals surface area (Å²) in [7, 11) is 0. The number of aromatic nitrogens is 1. The maximum absolute atomic E-state index is 11.8. The van der Waals surface area contributed by atoms with Crippen LogP contribution in [-0.2, 0) is 9.53 Å². The molecule has 0 radical (unpaired) electrons. The SMILES string of the molecule is C[C@H]1OC(=O)[C@@H]2CCC[C@H](/C=C/c3ccccn3)[C@H]12. The monoisotopic (exact) mass is 257 g/mol. The largest absolute Gasteiger partial charge is 0.462 e. The van der Waals surface area contributed by atoms with E-state index in [1.54, 1.807) is 6.20 Å². The zero-order chi connectivity index (χ0) is 13.2. The van der Waals surface area contributed by atoms with E-state index >= 15 is 0 Å². The van der Waals surface area contributed by atoms with Gasteiger partial charge in [-0.3, -0.25) is 9.78 Å². The summed E-state index contributed by atoms with van der Waals surface area (Å²) in [4.78, 5) is 16.1. The molecule has 1 saturated heterocycles. The zero-order valence-electron chi connectivity index (χ0n) is 11.2. The number of hydrogen-bond donors (Lipinski definition) is 0. The van der Waals surface area contributed by atoms with Crippen LogP contribution in [-0.4, -0.2) is 17.1 Å². The Bertz CT molecular complexity index is 483. The van der Waals surface area contributed by atoms with Crippen molar-refractivity contribution in [2.24, 2.45) is 17.8 Å². The molecule has 1 aromatic rings. The normalized spacial score (nSPS) is 34.3. The molecule has 2 fully saturated rings. The van der Waals surface area contributed by atoms with Gasteiger partial charge in [0.1, 0.15) is 6.10 Å². The molecule has 19 heavy (non-hydrogen) atoms. The van der Waals surface area contributed by atoms with E-state index in [1.807, 2.05) is 25.1 Å². The molecule has 2 aliphatic rings. The van der Waals surface area contributed by atoms with Gasteiger partial charge in [0.15, 0.2) is 0 Å². The van der Waals surface area contributed by atoms with E-state index in [9.17, 15) is 4.79 Å². The molecule has 0 amide bonds. The van der Waals surface area contributed by atoms with Crippen LogP contribution in [0.3, 0.4) is 0 Å². The number of esters is 1. The number of ether oxygens (including phenoxy) is 1. The highest BCUT2D eigenvalue weighted by molar-refractivity contribution is 5.75. The van der Waals surface area contributed by atoms with Crippen molar-refractivity contribution >= 4 is 12.0 Å². The lowest BCUT2D eigenvalue weighted by molar-refractivity contribution is -0.143. The zero-order valence-corrected chi connectivity index (χ0v) is 11.2. The van der Waals surface area contributed by atoms with Crippen molar-refractivity contribution in [1.29, 1.82) is 0 Å². The molecule has 1 aliphatic carbocycles. The molecular weight excluding hydrogens is 238 g/mol. The highest BCUT2D eigenvalue weighted by Gasteiger charge is 2.47. The van der Waals surface area contributed by atoms with Gasteiger partial charge < -0.3 is 4.74 Å². The Hall–Kier alpha value is -1.64. The van der Waals surface area contributed by atoms with Gasteiger partial charge >= 0.3 is 5.97 Å². The minimum absolute atomic E-state index is 0.00781. The van der Waals surface area contributed by atoms with E-state index in [0.29, 0.717) is 11.8 Å². The molecule has 100 valence electrons. The van der Waals surface area contributed by atoms with Gasteiger partial charge in [0.25, 0.3) is 0 Å². The van der Waals surface area contributed by atoms with Crippen LogP contribution in [0.5, 0.6) is 0 Å². The first-order valence-corrected chi connectivity index (χ1v) is 7.05. The van der Waals surface area contributed by atoms with E-state index in [-0.39, 0.29) is 18.0 Å². The number of rotatable bonds is 2. The van der Waals surface area contributed by atoms with E-state index in [1.165, 1.54) is 0 Å². The summed E-state index contributed by atoms with van der Waals surface area (Å²) in [5.41, 5.74) is 0.975. The Labute approximate surface area is 113 Å². The van der Waals surface area contributed by atoms with E-state index in [2.05, 4.69) is 17.1 Å². The van der Waals surface area contributed by atoms with Gasteiger partial charge in [0.05, 0.1) is 11.6 Å². The van der Waals surface area contributed by atoms with Crippen LogP contribution in [0.2, 0.25) is 0 Å². The highest BCUT2D eigenvalue weighted by Crippen LogP contribution is 2.43. The number of carbonyl (C=O) groups excluding carboxylic acids is 1. The summed E-state index contributed by atoms with van der Waals surface area (Å²) in [6.07, 6.45) is 9.39. The quantitative estimate of drug-likeness (QED) is 0.764. The molecule has 0 N–H and O–H groups in total. The van der Waals surface area contributed by atoms with Crippen molar-refractivity contribution in [3.8, 4) is 0 Å². The highest BCUT2D eigenvalue weighted by atomic mass is 16.6. The van der Waals surface area contributed by atoms with Gasteiger partial charge in [-0.1, -0.05) is 18.6 Å². The molecule has 1 saturated carbocycles. The second kappa shape index (κ2) is 5.16. The Morgan fingerprint density at radius 2 is 2.26 bits per heavy atom. The molecule has 2 heterocycles. The fourth-order valence-corrected chi connectivity index (χ4v) is 3.48. The smallest absolute Gasteiger partial charge is 0.309 e. The van der Waals surface area contributed by atoms with Gasteiger partial charge in [0, 0.05) is 12.1 Å². The van der Waals surface area contributed by atoms with Crippen molar-refractivity contribution in [1.82, 2.24) is 4.98 Å². The standard InChI is InChI=1S/C16H19NO2/c1-11-15-12(5-4-7-14(15)16(18)19-11)8-9-13-6-2-3-10-17-13/h2-3,6,8-12,14-15H,4-5,7H2,1H3/b9-8+/t11-,12-,14-,15+/m1/s1. The summed E-state index contributed by atoms with van der Waals surface area (Å²) < 4.78 is 5.40. The number of fused-ring (bicyclic) bond motifs is 1. The fourth-order valence-electron chi connectivity index (χ4n) is 3.48. The number of pyridine rings is 1. The molecular formula is C16H19NO2. The van der Waals surface area contributed by atoms with Crippen LogP contribution in [0.15, 0.2) is 30.5 Å². The average molecular weight is 257 g/mol. The fraction of sp³-hybridized carbons (Fsp3) is 0.500. The minimum Gasteiger partial charge on any atom is -0.462 e. The molecule has 0 aromatic carbocycles. The Balaban J connectivity index is 1.77. The molecule has 0 unspecified atom stereocenters. The van der Waals surface area contributed by atoms with Gasteiger partial charge in [-0.25, -0.2) is 0 Å². The van der Waals surface area contributed by atoms with Crippen LogP contribution in [0.1, 0.15) is 31.9 Å². The van der Waals surface area contributed by atoms with Crippen LogP contribution < -0.4 is 0 Å². The topological polar surface area (TPSA) is 39.2 Å². The Morgan fingerprint density at radius 3 is 3.05 bits per heavy atom. The van der Waals surface area contributed by atoms with Crippen LogP contribution in [0, 0.1) is 17.8 Å². The van der Waals surface area contributed by atoms with Crippen molar-refractivity contribution in [2.75, 3.05) is 0 Å². The van der Waals surface area contributed by atoms with E-state index < -0.39 is 0 Å². The summed E-state index contributed by atoms with van der Waals surface area (Å²) in [5, 5.41) is 0. The first-order valence-electron chi connectivity index (χ1n) is 7.05. The lowest BCUT2D eigenvalue weighted by Gasteiger charge is -2.30. The molecule has 1 aromatic heterocycles. The van der Waals surface area contributed by atoms with Gasteiger partial charge in [-0.15, -0.1) is 0 Å². The average Bonchev–Trinajstić information content (AvgIpc) is 2.74. The van der Waals surface area contributed by atoms with Crippen molar-refractivity contribution < 1.29 is 9.53 Å². The number of allylic oxidation sites excluding steroid dienone is 1. The summed E-state index contributed by atoms with van der Waals surface area (Å²) in [6, 6.07) is 5.90. The van der Waals surface area contributed by atoms with Crippen molar-refractivity contribution in [2.45, 2.75) is 32.3 Å². The lowest BCUT2D eigenvalue weighted by Crippen LogP contribution is -2.30. The lowest BCUT2D eigenvalue weighted by atomic mass is 9.71. The van der Waals surface area contributed by atoms with E-state index in [4.69, 9.17) is 4.74 Å².